The number of H-pyrrole nitrogens is 1. The summed E-state index contributed by atoms with van der Waals surface area (Å²) in [6.07, 6.45) is 4.05. The second-order valence-corrected chi connectivity index (χ2v) is 8.34. The molecule has 1 amide bonds. The molecule has 4 aromatic rings. The van der Waals surface area contributed by atoms with Gasteiger partial charge in [-0.1, -0.05) is 0 Å². The Hall–Kier alpha value is -3.53. The number of benzene rings is 1. The number of aromatic nitrogens is 7. The van der Waals surface area contributed by atoms with Crippen molar-refractivity contribution in [2.24, 2.45) is 11.7 Å². The molecule has 1 fully saturated rings. The molecule has 0 aliphatic carbocycles. The van der Waals surface area contributed by atoms with Gasteiger partial charge in [0, 0.05) is 29.6 Å². The van der Waals surface area contributed by atoms with Crippen LogP contribution in [-0.4, -0.2) is 53.7 Å². The SMILES string of the molecule is CCn1nc(C)cc1-c1nc(-c2cc(C(N)=O)cc3c2cnn3CC2CCNCC2)n[nH]1. The summed E-state index contributed by atoms with van der Waals surface area (Å²) < 4.78 is 3.86. The van der Waals surface area contributed by atoms with E-state index in [4.69, 9.17) is 10.7 Å². The van der Waals surface area contributed by atoms with Crippen LogP contribution in [0.3, 0.4) is 0 Å². The molecule has 10 heteroatoms. The van der Waals surface area contributed by atoms with Crippen LogP contribution in [0.15, 0.2) is 24.4 Å². The second-order valence-electron chi connectivity index (χ2n) is 8.34. The highest BCUT2D eigenvalue weighted by Gasteiger charge is 2.20. The van der Waals surface area contributed by atoms with Crippen LogP contribution in [0.1, 0.15) is 35.8 Å². The number of amides is 1. The summed E-state index contributed by atoms with van der Waals surface area (Å²) in [7, 11) is 0. The molecule has 3 aromatic heterocycles. The number of rotatable bonds is 6. The highest BCUT2D eigenvalue weighted by Crippen LogP contribution is 2.30. The average molecular weight is 434 g/mol. The normalized spacial score (nSPS) is 14.9. The van der Waals surface area contributed by atoms with Gasteiger partial charge in [0.15, 0.2) is 11.6 Å². The van der Waals surface area contributed by atoms with Crippen LogP contribution in [0.25, 0.3) is 33.8 Å². The van der Waals surface area contributed by atoms with Crippen molar-refractivity contribution >= 4 is 16.8 Å². The molecule has 166 valence electrons. The fourth-order valence-electron chi connectivity index (χ4n) is 4.43. The minimum atomic E-state index is -0.488. The molecular weight excluding hydrogens is 406 g/mol. The third-order valence-electron chi connectivity index (χ3n) is 6.11. The zero-order chi connectivity index (χ0) is 22.2. The number of fused-ring (bicyclic) bond motifs is 1. The molecule has 32 heavy (non-hydrogen) atoms. The summed E-state index contributed by atoms with van der Waals surface area (Å²) in [4.78, 5) is 16.8. The number of hydrogen-bond acceptors (Lipinski definition) is 6. The lowest BCUT2D eigenvalue weighted by Crippen LogP contribution is -2.30. The van der Waals surface area contributed by atoms with Gasteiger partial charge in [-0.2, -0.15) is 15.3 Å². The second kappa shape index (κ2) is 8.19. The largest absolute Gasteiger partial charge is 0.366 e. The van der Waals surface area contributed by atoms with Crippen molar-refractivity contribution in [1.82, 2.24) is 40.1 Å². The summed E-state index contributed by atoms with van der Waals surface area (Å²) >= 11 is 0. The number of nitrogens with one attached hydrogen (secondary N) is 2. The molecule has 0 radical (unpaired) electrons. The Bertz CT molecular complexity index is 1280. The van der Waals surface area contributed by atoms with Gasteiger partial charge in [0.25, 0.3) is 0 Å². The number of piperidine rings is 1. The van der Waals surface area contributed by atoms with Gasteiger partial charge in [0.05, 0.1) is 17.4 Å². The van der Waals surface area contributed by atoms with Gasteiger partial charge in [-0.15, -0.1) is 0 Å². The number of primary amides is 1. The first-order valence-electron chi connectivity index (χ1n) is 11.0. The molecule has 0 bridgehead atoms. The fraction of sp³-hybridized carbons (Fsp3) is 0.409. The number of hydrogen-bond donors (Lipinski definition) is 3. The van der Waals surface area contributed by atoms with Gasteiger partial charge in [0.2, 0.25) is 5.91 Å². The molecule has 1 saturated heterocycles. The molecule has 1 aromatic carbocycles. The Labute approximate surface area is 185 Å². The minimum absolute atomic E-state index is 0.417. The third-order valence-corrected chi connectivity index (χ3v) is 6.11. The highest BCUT2D eigenvalue weighted by molar-refractivity contribution is 6.02. The molecule has 0 unspecified atom stereocenters. The van der Waals surface area contributed by atoms with Crippen molar-refractivity contribution in [2.75, 3.05) is 13.1 Å². The highest BCUT2D eigenvalue weighted by atomic mass is 16.1. The van der Waals surface area contributed by atoms with Crippen LogP contribution in [0.4, 0.5) is 0 Å². The van der Waals surface area contributed by atoms with E-state index in [-0.39, 0.29) is 0 Å². The smallest absolute Gasteiger partial charge is 0.248 e. The number of nitrogens with two attached hydrogens (primary N) is 1. The standard InChI is InChI=1S/C22H27N9O/c1-3-30-19(8-13(2)29-30)22-26-21(27-28-22)16-9-15(20(23)32)10-18-17(16)11-25-31(18)12-14-4-6-24-7-5-14/h8-11,14,24H,3-7,12H2,1-2H3,(H2,23,32)(H,26,27,28). The molecule has 0 atom stereocenters. The zero-order valence-corrected chi connectivity index (χ0v) is 18.3. The van der Waals surface area contributed by atoms with E-state index in [1.54, 1.807) is 6.07 Å². The molecule has 10 nitrogen and oxygen atoms in total. The lowest BCUT2D eigenvalue weighted by molar-refractivity contribution is 0.100. The summed E-state index contributed by atoms with van der Waals surface area (Å²) in [5.74, 6) is 1.18. The van der Waals surface area contributed by atoms with Crippen LogP contribution in [0.5, 0.6) is 0 Å². The van der Waals surface area contributed by atoms with Crippen molar-refractivity contribution in [1.29, 1.82) is 0 Å². The Morgan fingerprint density at radius 3 is 2.78 bits per heavy atom. The van der Waals surface area contributed by atoms with E-state index in [1.807, 2.05) is 41.5 Å². The summed E-state index contributed by atoms with van der Waals surface area (Å²) in [5, 5.41) is 20.9. The van der Waals surface area contributed by atoms with E-state index in [0.29, 0.717) is 23.1 Å². The molecule has 4 heterocycles. The van der Waals surface area contributed by atoms with Gasteiger partial charge in [-0.3, -0.25) is 19.3 Å². The van der Waals surface area contributed by atoms with Gasteiger partial charge in [-0.25, -0.2) is 4.98 Å². The molecular formula is C22H27N9O. The van der Waals surface area contributed by atoms with Crippen molar-refractivity contribution in [3.05, 3.63) is 35.7 Å². The molecule has 1 aliphatic rings. The Morgan fingerprint density at radius 1 is 1.22 bits per heavy atom. The molecule has 0 saturated carbocycles. The molecule has 5 rings (SSSR count). The predicted octanol–water partition coefficient (Wildman–Crippen LogP) is 2.11. The van der Waals surface area contributed by atoms with E-state index in [1.165, 1.54) is 0 Å². The van der Waals surface area contributed by atoms with E-state index in [2.05, 4.69) is 25.7 Å². The van der Waals surface area contributed by atoms with Gasteiger partial charge in [0.1, 0.15) is 5.69 Å². The predicted molar refractivity (Wildman–Crippen MR) is 121 cm³/mol. The van der Waals surface area contributed by atoms with Gasteiger partial charge >= 0.3 is 0 Å². The molecule has 4 N–H and O–H groups in total. The van der Waals surface area contributed by atoms with E-state index < -0.39 is 5.91 Å². The Morgan fingerprint density at radius 2 is 2.03 bits per heavy atom. The zero-order valence-electron chi connectivity index (χ0n) is 18.3. The van der Waals surface area contributed by atoms with E-state index in [9.17, 15) is 4.79 Å². The maximum absolute atomic E-state index is 12.1. The number of carbonyl (C=O) groups is 1. The first-order chi connectivity index (χ1) is 15.5. The van der Waals surface area contributed by atoms with Crippen LogP contribution in [0, 0.1) is 12.8 Å². The van der Waals surface area contributed by atoms with Crippen molar-refractivity contribution in [3.63, 3.8) is 0 Å². The lowest BCUT2D eigenvalue weighted by Gasteiger charge is -2.22. The van der Waals surface area contributed by atoms with Crippen LogP contribution in [-0.2, 0) is 13.1 Å². The third kappa shape index (κ3) is 3.66. The topological polar surface area (TPSA) is 132 Å². The van der Waals surface area contributed by atoms with E-state index >= 15 is 0 Å². The maximum atomic E-state index is 12.1. The fourth-order valence-corrected chi connectivity index (χ4v) is 4.43. The summed E-state index contributed by atoms with van der Waals surface area (Å²) in [6.45, 7) is 7.56. The van der Waals surface area contributed by atoms with Crippen molar-refractivity contribution in [3.8, 4) is 22.9 Å². The molecule has 1 aliphatic heterocycles. The maximum Gasteiger partial charge on any atom is 0.248 e. The number of aromatic amines is 1. The van der Waals surface area contributed by atoms with Crippen LogP contribution >= 0.6 is 0 Å². The Balaban J connectivity index is 1.58. The number of carbonyl (C=O) groups excluding carboxylic acids is 1. The number of aryl methyl sites for hydroxylation is 2. The van der Waals surface area contributed by atoms with Crippen LogP contribution in [0.2, 0.25) is 0 Å². The van der Waals surface area contributed by atoms with Gasteiger partial charge < -0.3 is 11.1 Å². The average Bonchev–Trinajstić information content (AvgIpc) is 3.52. The van der Waals surface area contributed by atoms with Crippen LogP contribution < -0.4 is 11.1 Å². The quantitative estimate of drug-likeness (QED) is 0.427. The Kier molecular flexibility index (Phi) is 5.22. The summed E-state index contributed by atoms with van der Waals surface area (Å²) in [5.41, 5.74) is 9.46. The van der Waals surface area contributed by atoms with E-state index in [0.717, 1.165) is 66.9 Å². The summed E-state index contributed by atoms with van der Waals surface area (Å²) in [6, 6.07) is 5.54. The lowest BCUT2D eigenvalue weighted by atomic mass is 9.98. The van der Waals surface area contributed by atoms with Crippen molar-refractivity contribution < 1.29 is 4.79 Å². The minimum Gasteiger partial charge on any atom is -0.366 e. The monoisotopic (exact) mass is 433 g/mol. The van der Waals surface area contributed by atoms with Crippen molar-refractivity contribution in [2.45, 2.75) is 39.8 Å². The van der Waals surface area contributed by atoms with Gasteiger partial charge in [-0.05, 0) is 63.9 Å². The molecule has 0 spiro atoms. The number of nitrogens with zero attached hydrogens (tertiary/aromatic N) is 6. The first-order valence-corrected chi connectivity index (χ1v) is 11.0. The first kappa shape index (κ1) is 20.4.